The zero-order valence-corrected chi connectivity index (χ0v) is 15.9. The van der Waals surface area contributed by atoms with Gasteiger partial charge in [0.1, 0.15) is 5.82 Å². The maximum absolute atomic E-state index is 13.9. The molecule has 1 spiro atoms. The van der Waals surface area contributed by atoms with Crippen molar-refractivity contribution in [1.82, 2.24) is 4.90 Å². The van der Waals surface area contributed by atoms with Crippen LogP contribution in [0.25, 0.3) is 11.1 Å². The summed E-state index contributed by atoms with van der Waals surface area (Å²) in [7, 11) is 1.67. The number of hydrogen-bond donors (Lipinski definition) is 1. The van der Waals surface area contributed by atoms with Crippen LogP contribution in [0.2, 0.25) is 0 Å². The van der Waals surface area contributed by atoms with Crippen LogP contribution in [0.5, 0.6) is 0 Å². The zero-order chi connectivity index (χ0) is 19.3. The van der Waals surface area contributed by atoms with Crippen molar-refractivity contribution in [3.63, 3.8) is 0 Å². The molecule has 0 aromatic heterocycles. The number of aliphatic imine (C=N–C) groups is 1. The van der Waals surface area contributed by atoms with E-state index < -0.39 is 5.54 Å². The highest BCUT2D eigenvalue weighted by Gasteiger charge is 2.51. The van der Waals surface area contributed by atoms with Crippen molar-refractivity contribution in [2.45, 2.75) is 38.6 Å². The van der Waals surface area contributed by atoms with E-state index in [0.717, 1.165) is 40.7 Å². The Morgan fingerprint density at radius 1 is 1.26 bits per heavy atom. The van der Waals surface area contributed by atoms with E-state index in [-0.39, 0.29) is 17.7 Å². The number of nitrogens with zero attached hydrogens (tertiary/aromatic N) is 2. The molecule has 2 aliphatic rings. The molecule has 27 heavy (non-hydrogen) atoms. The van der Waals surface area contributed by atoms with Crippen LogP contribution in [-0.4, -0.2) is 23.8 Å². The van der Waals surface area contributed by atoms with E-state index in [1.807, 2.05) is 25.1 Å². The molecule has 2 aromatic carbocycles. The minimum absolute atomic E-state index is 0.0769. The maximum Gasteiger partial charge on any atom is 0.261 e. The molecule has 0 saturated heterocycles. The third-order valence-electron chi connectivity index (χ3n) is 5.91. The lowest BCUT2D eigenvalue weighted by Gasteiger charge is -2.36. The summed E-state index contributed by atoms with van der Waals surface area (Å²) in [5.74, 6) is 0.302. The van der Waals surface area contributed by atoms with Crippen molar-refractivity contribution in [2.75, 3.05) is 7.05 Å². The van der Waals surface area contributed by atoms with Crippen molar-refractivity contribution >= 4 is 11.9 Å². The Bertz CT molecular complexity index is 948. The number of aryl methyl sites for hydroxylation is 1. The number of carbonyl (C=O) groups is 1. The minimum Gasteiger partial charge on any atom is -0.369 e. The quantitative estimate of drug-likeness (QED) is 0.881. The van der Waals surface area contributed by atoms with Gasteiger partial charge in [0, 0.05) is 7.05 Å². The Morgan fingerprint density at radius 3 is 2.67 bits per heavy atom. The first-order chi connectivity index (χ1) is 12.8. The molecule has 2 aromatic rings. The van der Waals surface area contributed by atoms with Crippen LogP contribution in [0, 0.1) is 18.7 Å². The van der Waals surface area contributed by atoms with Gasteiger partial charge in [-0.1, -0.05) is 31.5 Å². The molecule has 0 radical (unpaired) electrons. The van der Waals surface area contributed by atoms with Crippen LogP contribution >= 0.6 is 0 Å². The third-order valence-corrected chi connectivity index (χ3v) is 5.91. The van der Waals surface area contributed by atoms with Crippen LogP contribution in [0.4, 0.5) is 4.39 Å². The van der Waals surface area contributed by atoms with Gasteiger partial charge in [0.2, 0.25) is 0 Å². The molecule has 4 rings (SSSR count). The summed E-state index contributed by atoms with van der Waals surface area (Å²) < 4.78 is 13.9. The zero-order valence-electron chi connectivity index (χ0n) is 15.9. The van der Waals surface area contributed by atoms with Crippen molar-refractivity contribution in [3.05, 3.63) is 58.9 Å². The minimum atomic E-state index is -0.953. The fraction of sp³-hybridized carbons (Fsp3) is 0.364. The third kappa shape index (κ3) is 2.73. The molecule has 1 aliphatic carbocycles. The molecule has 2 atom stereocenters. The molecule has 4 nitrogen and oxygen atoms in total. The van der Waals surface area contributed by atoms with Gasteiger partial charge in [-0.15, -0.1) is 0 Å². The number of carbonyl (C=O) groups excluding carboxylic acids is 1. The number of benzene rings is 2. The molecule has 2 N–H and O–H groups in total. The Morgan fingerprint density at radius 2 is 2.04 bits per heavy atom. The first-order valence-electron chi connectivity index (χ1n) is 9.38. The fourth-order valence-electron chi connectivity index (χ4n) is 4.43. The predicted molar refractivity (Wildman–Crippen MR) is 105 cm³/mol. The first kappa shape index (κ1) is 17.7. The van der Waals surface area contributed by atoms with Gasteiger partial charge in [-0.2, -0.15) is 0 Å². The average molecular weight is 365 g/mol. The summed E-state index contributed by atoms with van der Waals surface area (Å²) >= 11 is 0. The van der Waals surface area contributed by atoms with Crippen LogP contribution in [0.3, 0.4) is 0 Å². The molecule has 0 fully saturated rings. The Kier molecular flexibility index (Phi) is 4.06. The van der Waals surface area contributed by atoms with Gasteiger partial charge >= 0.3 is 0 Å². The molecule has 1 amide bonds. The number of fused-ring (bicyclic) bond motifs is 2. The van der Waals surface area contributed by atoms with Crippen molar-refractivity contribution in [1.29, 1.82) is 0 Å². The average Bonchev–Trinajstić information content (AvgIpc) is 2.85. The number of likely N-dealkylation sites (N-methyl/N-ethyl adjacent to an activating group) is 1. The second-order valence-corrected chi connectivity index (χ2v) is 7.77. The largest absolute Gasteiger partial charge is 0.369 e. The molecule has 1 heterocycles. The molecule has 5 heteroatoms. The number of rotatable bonds is 2. The van der Waals surface area contributed by atoms with Gasteiger partial charge in [0.05, 0.1) is 0 Å². The van der Waals surface area contributed by atoms with Crippen molar-refractivity contribution in [3.8, 4) is 11.1 Å². The van der Waals surface area contributed by atoms with Crippen LogP contribution in [-0.2, 0) is 16.8 Å². The Balaban J connectivity index is 1.90. The molecule has 140 valence electrons. The van der Waals surface area contributed by atoms with E-state index in [2.05, 4.69) is 18.0 Å². The molecule has 1 aliphatic heterocycles. The standard InChI is InChI=1S/C22H24FN3O/c1-4-14-9-16-6-5-15(17-7-13(2)8-18(23)10-17)11-19(16)22(12-14)20(27)26(3)21(24)25-22/h5-8,10-11,14H,4,9,12H2,1-3H3,(H2,24,25)/t14-,22?/m0/s1. The highest BCUT2D eigenvalue weighted by molar-refractivity contribution is 6.07. The number of guanidine groups is 1. The smallest absolute Gasteiger partial charge is 0.261 e. The molecule has 0 saturated carbocycles. The monoisotopic (exact) mass is 365 g/mol. The number of halogens is 1. The highest BCUT2D eigenvalue weighted by Crippen LogP contribution is 2.46. The van der Waals surface area contributed by atoms with Crippen LogP contribution in [0.1, 0.15) is 36.5 Å². The Labute approximate surface area is 158 Å². The predicted octanol–water partition coefficient (Wildman–Crippen LogP) is 3.76. The lowest BCUT2D eigenvalue weighted by Crippen LogP contribution is -2.44. The van der Waals surface area contributed by atoms with Crippen LogP contribution < -0.4 is 5.73 Å². The number of amides is 1. The number of nitrogens with two attached hydrogens (primary N) is 1. The summed E-state index contributed by atoms with van der Waals surface area (Å²) in [6.07, 6.45) is 2.56. The molecule has 0 bridgehead atoms. The van der Waals surface area contributed by atoms with Crippen LogP contribution in [0.15, 0.2) is 41.4 Å². The normalized spacial score (nSPS) is 24.3. The SMILES string of the molecule is CC[C@H]1Cc2ccc(-c3cc(C)cc(F)c3)cc2C2(C1)N=C(N)N(C)C2=O. The van der Waals surface area contributed by atoms with E-state index in [1.54, 1.807) is 7.05 Å². The van der Waals surface area contributed by atoms with Crippen molar-refractivity contribution < 1.29 is 9.18 Å². The molecular weight excluding hydrogens is 341 g/mol. The summed E-state index contributed by atoms with van der Waals surface area (Å²) in [6.45, 7) is 4.02. The van der Waals surface area contributed by atoms with E-state index >= 15 is 0 Å². The van der Waals surface area contributed by atoms with E-state index in [9.17, 15) is 9.18 Å². The van der Waals surface area contributed by atoms with Gasteiger partial charge in [0.15, 0.2) is 11.5 Å². The maximum atomic E-state index is 13.9. The summed E-state index contributed by atoms with van der Waals surface area (Å²) in [6, 6.07) is 11.1. The summed E-state index contributed by atoms with van der Waals surface area (Å²) in [4.78, 5) is 19.2. The lowest BCUT2D eigenvalue weighted by atomic mass is 9.70. The molecule has 1 unspecified atom stereocenters. The van der Waals surface area contributed by atoms with E-state index in [0.29, 0.717) is 12.3 Å². The fourth-order valence-corrected chi connectivity index (χ4v) is 4.43. The summed E-state index contributed by atoms with van der Waals surface area (Å²) in [5.41, 5.74) is 9.65. The van der Waals surface area contributed by atoms with Gasteiger partial charge < -0.3 is 5.73 Å². The van der Waals surface area contributed by atoms with Gasteiger partial charge in [-0.3, -0.25) is 9.69 Å². The second kappa shape index (κ2) is 6.19. The summed E-state index contributed by atoms with van der Waals surface area (Å²) in [5, 5.41) is 0. The number of hydrogen-bond acceptors (Lipinski definition) is 3. The van der Waals surface area contributed by atoms with E-state index in [1.165, 1.54) is 17.0 Å². The molecular formula is C22H24FN3O. The van der Waals surface area contributed by atoms with Gasteiger partial charge in [0.25, 0.3) is 5.91 Å². The topological polar surface area (TPSA) is 58.7 Å². The van der Waals surface area contributed by atoms with Crippen molar-refractivity contribution in [2.24, 2.45) is 16.6 Å². The first-order valence-corrected chi connectivity index (χ1v) is 9.38. The second-order valence-electron chi connectivity index (χ2n) is 7.77. The van der Waals surface area contributed by atoms with Gasteiger partial charge in [-0.25, -0.2) is 9.38 Å². The highest BCUT2D eigenvalue weighted by atomic mass is 19.1. The Hall–Kier alpha value is -2.69. The van der Waals surface area contributed by atoms with E-state index in [4.69, 9.17) is 5.73 Å². The lowest BCUT2D eigenvalue weighted by molar-refractivity contribution is -0.131. The van der Waals surface area contributed by atoms with Gasteiger partial charge in [-0.05, 0) is 71.7 Å².